The molecule has 2 heterocycles. The summed E-state index contributed by atoms with van der Waals surface area (Å²) in [6.45, 7) is 2.18. The van der Waals surface area contributed by atoms with E-state index in [0.29, 0.717) is 40.5 Å². The van der Waals surface area contributed by atoms with Crippen molar-refractivity contribution in [2.75, 3.05) is 0 Å². The van der Waals surface area contributed by atoms with Gasteiger partial charge in [0.25, 0.3) is 0 Å². The number of nitrogens with zero attached hydrogens (tertiary/aromatic N) is 7. The quantitative estimate of drug-likeness (QED) is 0.143. The highest BCUT2D eigenvalue weighted by molar-refractivity contribution is 5.94. The fraction of sp³-hybridized carbons (Fsp3) is 0.0536. The average Bonchev–Trinajstić information content (AvgIpc) is 3.37. The first-order valence-electron chi connectivity index (χ1n) is 21.0. The molecule has 0 spiro atoms. The molecule has 9 aromatic rings. The second-order valence-corrected chi connectivity index (χ2v) is 15.4. The van der Waals surface area contributed by atoms with Gasteiger partial charge in [0.05, 0.1) is 11.6 Å². The SMILES string of the molecule is CC1C=CC=CC1c1nc(-c2ccccc2)nc(-c2ccccc2-c2cccc(C#N)c2-c2cccc(-c3ccccc3-c3nc(-c4ccccc4)nc(-c4ccccc4)n3)c2)n1. The van der Waals surface area contributed by atoms with Crippen molar-refractivity contribution in [3.8, 4) is 96.4 Å². The fourth-order valence-corrected chi connectivity index (χ4v) is 8.21. The van der Waals surface area contributed by atoms with Gasteiger partial charge in [-0.2, -0.15) is 5.26 Å². The largest absolute Gasteiger partial charge is 0.212 e. The molecule has 0 N–H and O–H groups in total. The molecule has 63 heavy (non-hydrogen) atoms. The molecule has 10 rings (SSSR count). The van der Waals surface area contributed by atoms with Crippen molar-refractivity contribution in [1.82, 2.24) is 29.9 Å². The highest BCUT2D eigenvalue weighted by Crippen LogP contribution is 2.42. The molecule has 1 aliphatic carbocycles. The van der Waals surface area contributed by atoms with Crippen LogP contribution in [-0.2, 0) is 0 Å². The Bertz CT molecular complexity index is 3150. The van der Waals surface area contributed by atoms with Gasteiger partial charge in [-0.25, -0.2) is 29.9 Å². The van der Waals surface area contributed by atoms with E-state index in [1.54, 1.807) is 0 Å². The number of nitriles is 1. The summed E-state index contributed by atoms with van der Waals surface area (Å²) in [4.78, 5) is 30.4. The number of aromatic nitrogens is 6. The molecule has 7 aromatic carbocycles. The summed E-state index contributed by atoms with van der Waals surface area (Å²) in [5, 5.41) is 10.7. The first kappa shape index (κ1) is 38.7. The van der Waals surface area contributed by atoms with Crippen molar-refractivity contribution in [2.45, 2.75) is 12.8 Å². The molecule has 0 aliphatic heterocycles. The summed E-state index contributed by atoms with van der Waals surface area (Å²) in [5.41, 5.74) is 10.4. The molecule has 298 valence electrons. The predicted molar refractivity (Wildman–Crippen MR) is 252 cm³/mol. The lowest BCUT2D eigenvalue weighted by atomic mass is 9.87. The zero-order valence-corrected chi connectivity index (χ0v) is 34.4. The molecule has 0 saturated carbocycles. The first-order valence-corrected chi connectivity index (χ1v) is 21.0. The zero-order chi connectivity index (χ0) is 42.5. The topological polar surface area (TPSA) is 101 Å². The Kier molecular flexibility index (Phi) is 10.6. The van der Waals surface area contributed by atoms with Crippen molar-refractivity contribution in [3.05, 3.63) is 218 Å². The van der Waals surface area contributed by atoms with Gasteiger partial charge in [-0.3, -0.25) is 0 Å². The van der Waals surface area contributed by atoms with Crippen LogP contribution in [0, 0.1) is 17.2 Å². The monoisotopic (exact) mass is 809 g/mol. The Morgan fingerprint density at radius 3 is 1.41 bits per heavy atom. The molecule has 2 unspecified atom stereocenters. The maximum atomic E-state index is 10.7. The number of allylic oxidation sites excluding steroid dienone is 4. The Labute approximate surface area is 366 Å². The highest BCUT2D eigenvalue weighted by atomic mass is 15.0. The second kappa shape index (κ2) is 17.3. The lowest BCUT2D eigenvalue weighted by Gasteiger charge is -2.21. The lowest BCUT2D eigenvalue weighted by molar-refractivity contribution is 0.600. The third-order valence-electron chi connectivity index (χ3n) is 11.4. The van der Waals surface area contributed by atoms with E-state index < -0.39 is 0 Å². The molecule has 0 radical (unpaired) electrons. The third-order valence-corrected chi connectivity index (χ3v) is 11.4. The van der Waals surface area contributed by atoms with Gasteiger partial charge >= 0.3 is 0 Å². The van der Waals surface area contributed by atoms with Gasteiger partial charge in [0, 0.05) is 39.3 Å². The van der Waals surface area contributed by atoms with E-state index in [1.165, 1.54) is 0 Å². The Morgan fingerprint density at radius 2 is 0.810 bits per heavy atom. The van der Waals surface area contributed by atoms with Gasteiger partial charge in [0.1, 0.15) is 5.82 Å². The highest BCUT2D eigenvalue weighted by Gasteiger charge is 2.24. The summed E-state index contributed by atoms with van der Waals surface area (Å²) in [5.74, 6) is 3.85. The lowest BCUT2D eigenvalue weighted by Crippen LogP contribution is -2.13. The van der Waals surface area contributed by atoms with Crippen molar-refractivity contribution in [1.29, 1.82) is 5.26 Å². The maximum Gasteiger partial charge on any atom is 0.164 e. The van der Waals surface area contributed by atoms with E-state index >= 15 is 0 Å². The van der Waals surface area contributed by atoms with Gasteiger partial charge in [-0.15, -0.1) is 0 Å². The van der Waals surface area contributed by atoms with Gasteiger partial charge < -0.3 is 0 Å². The Morgan fingerprint density at radius 1 is 0.381 bits per heavy atom. The van der Waals surface area contributed by atoms with E-state index in [9.17, 15) is 5.26 Å². The number of hydrogen-bond donors (Lipinski definition) is 0. The summed E-state index contributed by atoms with van der Waals surface area (Å²) < 4.78 is 0. The summed E-state index contributed by atoms with van der Waals surface area (Å²) >= 11 is 0. The van der Waals surface area contributed by atoms with E-state index in [1.807, 2.05) is 133 Å². The van der Waals surface area contributed by atoms with Crippen molar-refractivity contribution in [2.24, 2.45) is 5.92 Å². The molecule has 2 aromatic heterocycles. The minimum atomic E-state index is -0.0122. The standard InChI is InChI=1S/C56H39N7/c1-37-19-11-12-29-44(37)54-59-53(40-24-9-4-10-25-40)62-56(63-54)49-33-16-14-31-46(49)47-34-18-28-43(36-57)50(47)42-27-17-26-41(35-42)45-30-13-15-32-48(45)55-60-51(38-20-5-2-6-21-38)58-52(61-55)39-22-7-3-8-23-39/h2-35,37,44H,1H3. The zero-order valence-electron chi connectivity index (χ0n) is 34.4. The molecule has 0 amide bonds. The van der Waals surface area contributed by atoms with Crippen LogP contribution in [0.2, 0.25) is 0 Å². The van der Waals surface area contributed by atoms with Crippen LogP contribution in [0.4, 0.5) is 0 Å². The summed E-state index contributed by atoms with van der Waals surface area (Å²) in [6.07, 6.45) is 8.48. The van der Waals surface area contributed by atoms with Crippen LogP contribution in [0.15, 0.2) is 206 Å². The fourth-order valence-electron chi connectivity index (χ4n) is 8.21. The van der Waals surface area contributed by atoms with E-state index in [2.05, 4.69) is 85.8 Å². The number of hydrogen-bond acceptors (Lipinski definition) is 7. The number of benzene rings is 7. The van der Waals surface area contributed by atoms with Crippen LogP contribution in [0.25, 0.3) is 90.3 Å². The molecule has 0 saturated heterocycles. The number of rotatable bonds is 9. The van der Waals surface area contributed by atoms with Crippen molar-refractivity contribution in [3.63, 3.8) is 0 Å². The van der Waals surface area contributed by atoms with Crippen LogP contribution in [0.3, 0.4) is 0 Å². The van der Waals surface area contributed by atoms with Gasteiger partial charge in [0.15, 0.2) is 29.1 Å². The minimum absolute atomic E-state index is 0.0122. The molecule has 0 fully saturated rings. The normalized spacial score (nSPS) is 14.3. The molecule has 7 heteroatoms. The molecule has 7 nitrogen and oxygen atoms in total. The molecule has 1 aliphatic rings. The van der Waals surface area contributed by atoms with Crippen LogP contribution in [-0.4, -0.2) is 29.9 Å². The van der Waals surface area contributed by atoms with E-state index in [-0.39, 0.29) is 11.8 Å². The van der Waals surface area contributed by atoms with E-state index in [4.69, 9.17) is 29.9 Å². The molecular weight excluding hydrogens is 771 g/mol. The van der Waals surface area contributed by atoms with Crippen molar-refractivity contribution >= 4 is 0 Å². The maximum absolute atomic E-state index is 10.7. The Hall–Kier alpha value is -8.47. The van der Waals surface area contributed by atoms with Crippen LogP contribution >= 0.6 is 0 Å². The van der Waals surface area contributed by atoms with Crippen molar-refractivity contribution < 1.29 is 0 Å². The molecule has 2 atom stereocenters. The van der Waals surface area contributed by atoms with Crippen LogP contribution < -0.4 is 0 Å². The predicted octanol–water partition coefficient (Wildman–Crippen LogP) is 13.1. The third kappa shape index (κ3) is 7.85. The second-order valence-electron chi connectivity index (χ2n) is 15.4. The van der Waals surface area contributed by atoms with Gasteiger partial charge in [-0.05, 0) is 45.9 Å². The molecule has 0 bridgehead atoms. The van der Waals surface area contributed by atoms with Gasteiger partial charge in [0.2, 0.25) is 0 Å². The average molecular weight is 810 g/mol. The first-order chi connectivity index (χ1) is 31.1. The minimum Gasteiger partial charge on any atom is -0.212 e. The van der Waals surface area contributed by atoms with Gasteiger partial charge in [-0.1, -0.05) is 201 Å². The summed E-state index contributed by atoms with van der Waals surface area (Å²) in [7, 11) is 0. The van der Waals surface area contributed by atoms with Crippen LogP contribution in [0.5, 0.6) is 0 Å². The smallest absolute Gasteiger partial charge is 0.164 e. The summed E-state index contributed by atoms with van der Waals surface area (Å²) in [6, 6.07) is 63.1. The Balaban J connectivity index is 1.11. The molecular formula is C56H39N7. The van der Waals surface area contributed by atoms with Crippen LogP contribution in [0.1, 0.15) is 24.2 Å². The van der Waals surface area contributed by atoms with E-state index in [0.717, 1.165) is 61.2 Å².